The highest BCUT2D eigenvalue weighted by atomic mass is 16.2. The predicted octanol–water partition coefficient (Wildman–Crippen LogP) is 4.31. The molecule has 1 aromatic carbocycles. The van der Waals surface area contributed by atoms with Gasteiger partial charge in [-0.25, -0.2) is 0 Å². The summed E-state index contributed by atoms with van der Waals surface area (Å²) in [5, 5.41) is 3.93. The first-order valence-corrected chi connectivity index (χ1v) is 10.8. The van der Waals surface area contributed by atoms with E-state index in [0.29, 0.717) is 23.9 Å². The largest absolute Gasteiger partial charge is 0.335 e. The lowest BCUT2D eigenvalue weighted by Gasteiger charge is -2.45. The molecule has 142 valence electrons. The predicted molar refractivity (Wildman–Crippen MR) is 106 cm³/mol. The Kier molecular flexibility index (Phi) is 5.35. The highest BCUT2D eigenvalue weighted by molar-refractivity contribution is 5.80. The number of amides is 1. The van der Waals surface area contributed by atoms with E-state index in [1.807, 2.05) is 0 Å². The monoisotopic (exact) mass is 354 g/mol. The summed E-state index contributed by atoms with van der Waals surface area (Å²) in [5.41, 5.74) is 1.39. The molecule has 3 atom stereocenters. The molecule has 2 saturated heterocycles. The van der Waals surface area contributed by atoms with Crippen LogP contribution in [0.2, 0.25) is 0 Å². The van der Waals surface area contributed by atoms with Gasteiger partial charge in [-0.3, -0.25) is 4.79 Å². The second-order valence-corrected chi connectivity index (χ2v) is 8.99. The van der Waals surface area contributed by atoms with E-state index in [-0.39, 0.29) is 5.54 Å². The van der Waals surface area contributed by atoms with Gasteiger partial charge in [0.2, 0.25) is 5.91 Å². The molecule has 1 amide bonds. The average molecular weight is 355 g/mol. The lowest BCUT2D eigenvalue weighted by Crippen LogP contribution is -2.58. The number of hydrogen-bond acceptors (Lipinski definition) is 2. The zero-order chi connectivity index (χ0) is 18.0. The highest BCUT2D eigenvalue weighted by Crippen LogP contribution is 2.39. The zero-order valence-corrected chi connectivity index (χ0v) is 16.3. The lowest BCUT2D eigenvalue weighted by molar-refractivity contribution is -0.142. The van der Waals surface area contributed by atoms with Gasteiger partial charge >= 0.3 is 0 Å². The van der Waals surface area contributed by atoms with Crippen LogP contribution in [0.15, 0.2) is 30.3 Å². The second kappa shape index (κ2) is 7.72. The number of carbonyl (C=O) groups is 1. The molecule has 4 rings (SSSR count). The topological polar surface area (TPSA) is 32.3 Å². The van der Waals surface area contributed by atoms with E-state index in [2.05, 4.69) is 47.5 Å². The average Bonchev–Trinajstić information content (AvgIpc) is 3.26. The molecule has 1 aromatic rings. The van der Waals surface area contributed by atoms with E-state index in [0.717, 1.165) is 32.2 Å². The van der Waals surface area contributed by atoms with Crippen molar-refractivity contribution in [3.63, 3.8) is 0 Å². The van der Waals surface area contributed by atoms with Gasteiger partial charge in [0.05, 0.1) is 5.54 Å². The van der Waals surface area contributed by atoms with E-state index in [1.54, 1.807) is 0 Å². The minimum atomic E-state index is -0.0143. The Morgan fingerprint density at radius 3 is 2.58 bits per heavy atom. The van der Waals surface area contributed by atoms with Crippen molar-refractivity contribution >= 4 is 5.91 Å². The summed E-state index contributed by atoms with van der Waals surface area (Å²) < 4.78 is 0. The van der Waals surface area contributed by atoms with Crippen LogP contribution in [0.3, 0.4) is 0 Å². The molecule has 3 fully saturated rings. The van der Waals surface area contributed by atoms with Gasteiger partial charge < -0.3 is 10.2 Å². The molecular formula is C23H34N2O. The minimum Gasteiger partial charge on any atom is -0.335 e. The van der Waals surface area contributed by atoms with Crippen LogP contribution in [0.1, 0.15) is 70.3 Å². The van der Waals surface area contributed by atoms with Crippen LogP contribution in [0.25, 0.3) is 0 Å². The quantitative estimate of drug-likeness (QED) is 0.877. The van der Waals surface area contributed by atoms with Crippen LogP contribution in [-0.4, -0.2) is 35.0 Å². The fourth-order valence-electron chi connectivity index (χ4n) is 5.69. The summed E-state index contributed by atoms with van der Waals surface area (Å²) in [4.78, 5) is 15.7. The summed E-state index contributed by atoms with van der Waals surface area (Å²) in [6, 6.07) is 11.7. The standard InChI is InChI=1S/C23H34N2O/c1-23-17-20(16-18-10-4-2-5-11-18)24-21(23)14-6-3-9-15-25(23)22(26)19-12-7-8-13-19/h2,4-5,10-11,19-21,24H,3,6-9,12-17H2,1H3/t20-,21+,23+/m1/s1. The van der Waals surface area contributed by atoms with E-state index in [9.17, 15) is 4.79 Å². The number of fused-ring (bicyclic) bond motifs is 1. The maximum Gasteiger partial charge on any atom is 0.226 e. The molecule has 3 aliphatic rings. The van der Waals surface area contributed by atoms with Crippen LogP contribution in [0.4, 0.5) is 0 Å². The molecule has 3 heteroatoms. The fourth-order valence-corrected chi connectivity index (χ4v) is 5.69. The number of hydrogen-bond donors (Lipinski definition) is 1. The third-order valence-corrected chi connectivity index (χ3v) is 7.13. The number of nitrogens with one attached hydrogen (secondary N) is 1. The van der Waals surface area contributed by atoms with Gasteiger partial charge in [-0.05, 0) is 51.0 Å². The van der Waals surface area contributed by atoms with Gasteiger partial charge in [0, 0.05) is 24.5 Å². The highest BCUT2D eigenvalue weighted by Gasteiger charge is 2.50. The number of nitrogens with zero attached hydrogens (tertiary/aromatic N) is 1. The van der Waals surface area contributed by atoms with Crippen LogP contribution >= 0.6 is 0 Å². The van der Waals surface area contributed by atoms with Crippen molar-refractivity contribution < 1.29 is 4.79 Å². The number of rotatable bonds is 3. The maximum atomic E-state index is 13.4. The molecule has 2 aliphatic heterocycles. The molecule has 0 spiro atoms. The van der Waals surface area contributed by atoms with E-state index < -0.39 is 0 Å². The molecule has 2 heterocycles. The van der Waals surface area contributed by atoms with Crippen molar-refractivity contribution in [2.75, 3.05) is 6.54 Å². The molecule has 0 aromatic heterocycles. The van der Waals surface area contributed by atoms with Crippen LogP contribution in [0.5, 0.6) is 0 Å². The SMILES string of the molecule is C[C@]12C[C@@H](Cc3ccccc3)N[C@H]1CCCCCN2C(=O)C1CCCC1. The third-order valence-electron chi connectivity index (χ3n) is 7.13. The molecule has 1 N–H and O–H groups in total. The van der Waals surface area contributed by atoms with Crippen molar-refractivity contribution in [2.45, 2.75) is 88.8 Å². The summed E-state index contributed by atoms with van der Waals surface area (Å²) in [7, 11) is 0. The number of likely N-dealkylation sites (tertiary alicyclic amines) is 1. The van der Waals surface area contributed by atoms with Gasteiger partial charge in [-0.2, -0.15) is 0 Å². The van der Waals surface area contributed by atoms with Gasteiger partial charge in [0.25, 0.3) is 0 Å². The van der Waals surface area contributed by atoms with Crippen molar-refractivity contribution in [1.82, 2.24) is 10.2 Å². The Hall–Kier alpha value is -1.35. The second-order valence-electron chi connectivity index (χ2n) is 8.99. The Bertz CT molecular complexity index is 610. The fraction of sp³-hybridized carbons (Fsp3) is 0.696. The van der Waals surface area contributed by atoms with Gasteiger partial charge in [-0.1, -0.05) is 56.0 Å². The molecule has 1 saturated carbocycles. The molecule has 3 nitrogen and oxygen atoms in total. The van der Waals surface area contributed by atoms with Crippen molar-refractivity contribution in [3.05, 3.63) is 35.9 Å². The first-order chi connectivity index (χ1) is 12.7. The smallest absolute Gasteiger partial charge is 0.226 e. The number of carbonyl (C=O) groups excluding carboxylic acids is 1. The first-order valence-electron chi connectivity index (χ1n) is 10.8. The Morgan fingerprint density at radius 1 is 1.08 bits per heavy atom. The first kappa shape index (κ1) is 18.0. The van der Waals surface area contributed by atoms with Crippen molar-refractivity contribution in [1.29, 1.82) is 0 Å². The molecular weight excluding hydrogens is 320 g/mol. The summed E-state index contributed by atoms with van der Waals surface area (Å²) in [5.74, 6) is 0.749. The third kappa shape index (κ3) is 3.55. The van der Waals surface area contributed by atoms with Gasteiger partial charge in [0.15, 0.2) is 0 Å². The summed E-state index contributed by atoms with van der Waals surface area (Å²) >= 11 is 0. The van der Waals surface area contributed by atoms with Gasteiger partial charge in [0.1, 0.15) is 0 Å². The number of benzene rings is 1. The molecule has 0 unspecified atom stereocenters. The normalized spacial score (nSPS) is 32.9. The maximum absolute atomic E-state index is 13.4. The molecule has 0 radical (unpaired) electrons. The Labute approximate surface area is 158 Å². The van der Waals surface area contributed by atoms with E-state index in [1.165, 1.54) is 44.1 Å². The van der Waals surface area contributed by atoms with Gasteiger partial charge in [-0.15, -0.1) is 0 Å². The Morgan fingerprint density at radius 2 is 1.81 bits per heavy atom. The summed E-state index contributed by atoms with van der Waals surface area (Å²) in [6.07, 6.45) is 11.8. The molecule has 1 aliphatic carbocycles. The van der Waals surface area contributed by atoms with Crippen LogP contribution < -0.4 is 5.32 Å². The lowest BCUT2D eigenvalue weighted by atomic mass is 9.83. The van der Waals surface area contributed by atoms with Crippen LogP contribution in [0, 0.1) is 5.92 Å². The Balaban J connectivity index is 1.54. The van der Waals surface area contributed by atoms with Crippen LogP contribution in [-0.2, 0) is 11.2 Å². The van der Waals surface area contributed by atoms with E-state index >= 15 is 0 Å². The van der Waals surface area contributed by atoms with Crippen molar-refractivity contribution in [3.8, 4) is 0 Å². The molecule has 26 heavy (non-hydrogen) atoms. The zero-order valence-electron chi connectivity index (χ0n) is 16.3. The minimum absolute atomic E-state index is 0.0143. The summed E-state index contributed by atoms with van der Waals surface area (Å²) in [6.45, 7) is 3.33. The molecule has 0 bridgehead atoms. The van der Waals surface area contributed by atoms with E-state index in [4.69, 9.17) is 0 Å². The van der Waals surface area contributed by atoms with Crippen molar-refractivity contribution in [2.24, 2.45) is 5.92 Å².